The molecule has 0 amide bonds. The maximum absolute atomic E-state index is 9.78. The topological polar surface area (TPSA) is 0 Å². The van der Waals surface area contributed by atoms with E-state index in [2.05, 4.69) is 0 Å². The van der Waals surface area contributed by atoms with Gasteiger partial charge < -0.3 is 2.85 Å². The summed E-state index contributed by atoms with van der Waals surface area (Å²) in [4.78, 5) is 0. The van der Waals surface area contributed by atoms with E-state index in [9.17, 15) is 4.39 Å². The van der Waals surface area contributed by atoms with Crippen LogP contribution in [0.1, 0.15) is 2.85 Å². The first kappa shape index (κ1) is 16.4. The fourth-order valence-electron chi connectivity index (χ4n) is 0. The summed E-state index contributed by atoms with van der Waals surface area (Å²) in [5.74, 6) is 0. The van der Waals surface area contributed by atoms with Crippen molar-refractivity contribution >= 4 is 48.9 Å². The first-order valence-electron chi connectivity index (χ1n) is 0.293. The van der Waals surface area contributed by atoms with E-state index in [1.807, 2.05) is 0 Å². The summed E-state index contributed by atoms with van der Waals surface area (Å²) < 4.78 is 29.3. The Morgan fingerprint density at radius 2 is 1.17 bits per heavy atom. The first-order chi connectivity index (χ1) is 1.73. The van der Waals surface area contributed by atoms with Crippen molar-refractivity contribution in [2.24, 2.45) is 0 Å². The van der Waals surface area contributed by atoms with Crippen LogP contribution in [0.4, 0.5) is 4.39 Å². The summed E-state index contributed by atoms with van der Waals surface area (Å²) in [5.41, 5.74) is 0. The monoisotopic (exact) mass is 461 g/mol. The van der Waals surface area contributed by atoms with Crippen molar-refractivity contribution in [3.05, 3.63) is 0 Å². The Bertz CT molecular complexity index is 22.0. The van der Waals surface area contributed by atoms with E-state index in [4.69, 9.17) is 0 Å². The molecule has 0 heterocycles. The third-order valence-electron chi connectivity index (χ3n) is 0. The van der Waals surface area contributed by atoms with Crippen LogP contribution in [0.5, 0.6) is 0 Å². The second kappa shape index (κ2) is 11.5. The molecule has 6 heavy (non-hydrogen) atoms. The average Bonchev–Trinajstić information content (AvgIpc) is 0.811. The van der Waals surface area contributed by atoms with Gasteiger partial charge in [0.25, 0.3) is 0 Å². The molecule has 0 saturated heterocycles. The number of hydrogen-bond acceptors (Lipinski definition) is 0. The van der Waals surface area contributed by atoms with E-state index < -0.39 is 33.4 Å². The number of hydrogen-bond donors (Lipinski definition) is 0. The standard InChI is InChI=1S/Ba.3FH.Lu.Y.2H/h;3*1H;;;;/q+2;;;;+3;;2*-1/p-3. The fraction of sp³-hybridized carbons (Fsp3) is 0. The van der Waals surface area contributed by atoms with Crippen LogP contribution in [0.15, 0.2) is 0 Å². The molecule has 1 radical (unpaired) electrons. The molecule has 0 rings (SSSR count). The van der Waals surface area contributed by atoms with Gasteiger partial charge in [-0.1, -0.05) is 0 Å². The van der Waals surface area contributed by atoms with Crippen molar-refractivity contribution < 1.29 is 73.4 Å². The second-order valence-electron chi connectivity index (χ2n) is 0.111. The third-order valence-corrected chi connectivity index (χ3v) is 0. The van der Waals surface area contributed by atoms with Gasteiger partial charge >= 0.3 is 86.7 Å². The molecule has 0 aliphatic heterocycles. The van der Waals surface area contributed by atoms with Crippen molar-refractivity contribution in [3.8, 4) is 0 Å². The molecule has 0 aromatic carbocycles. The Morgan fingerprint density at radius 3 is 1.17 bits per heavy atom. The SMILES string of the molecule is [Ba+2].[F][Lu]([F])[F].[H-].[H-].[Y]. The molecule has 0 aromatic rings. The van der Waals surface area contributed by atoms with E-state index >= 15 is 0 Å². The Balaban J connectivity index is -0.00000000750. The summed E-state index contributed by atoms with van der Waals surface area (Å²) in [6.07, 6.45) is 0. The molecule has 0 N–H and O–H groups in total. The summed E-state index contributed by atoms with van der Waals surface area (Å²) in [6, 6.07) is 0. The maximum Gasteiger partial charge on any atom is 0 e. The van der Waals surface area contributed by atoms with Crippen LogP contribution in [0, 0.1) is 33.4 Å². The van der Waals surface area contributed by atoms with E-state index in [1.54, 1.807) is 0 Å². The van der Waals surface area contributed by atoms with Gasteiger partial charge in [0.2, 0.25) is 0 Å². The molecule has 0 aromatic heterocycles. The molecule has 0 spiro atoms. The van der Waals surface area contributed by atoms with Crippen molar-refractivity contribution in [3.63, 3.8) is 0 Å². The van der Waals surface area contributed by atoms with Gasteiger partial charge in [0.05, 0.1) is 0 Å². The molecular formula is H2BaF3LuY. The molecule has 0 aliphatic rings. The van der Waals surface area contributed by atoms with Crippen LogP contribution in [0.3, 0.4) is 0 Å². The minimum Gasteiger partial charge on any atom is -1.00 e. The van der Waals surface area contributed by atoms with Crippen LogP contribution in [-0.4, -0.2) is 48.9 Å². The molecule has 0 fully saturated rings. The van der Waals surface area contributed by atoms with E-state index in [1.165, 1.54) is 0 Å². The zero-order valence-electron chi connectivity index (χ0n) is 4.68. The van der Waals surface area contributed by atoms with Gasteiger partial charge in [-0.25, -0.2) is 0 Å². The minimum absolute atomic E-state index is 0. The van der Waals surface area contributed by atoms with E-state index in [0.29, 0.717) is 0 Å². The Kier molecular flexibility index (Phi) is 31.3. The summed E-state index contributed by atoms with van der Waals surface area (Å²) in [5, 5.41) is 0. The predicted octanol–water partition coefficient (Wildman–Crippen LogP) is 1.10. The predicted molar refractivity (Wildman–Crippen MR) is 11.3 cm³/mol. The van der Waals surface area contributed by atoms with Crippen LogP contribution in [0.2, 0.25) is 0 Å². The minimum atomic E-state index is -4.44. The van der Waals surface area contributed by atoms with Gasteiger partial charge in [0, 0.05) is 32.7 Å². The van der Waals surface area contributed by atoms with Gasteiger partial charge in [-0.3, -0.25) is 0 Å². The summed E-state index contributed by atoms with van der Waals surface area (Å²) in [7, 11) is 0. The first-order valence-corrected chi connectivity index (χ1v) is 2.17. The van der Waals surface area contributed by atoms with Crippen molar-refractivity contribution in [2.45, 2.75) is 0 Å². The molecule has 0 saturated carbocycles. The smallest absolute Gasteiger partial charge is 0 e. The maximum atomic E-state index is 9.78. The van der Waals surface area contributed by atoms with Crippen LogP contribution < -0.4 is 0 Å². The molecular weight excluding hydrogens is 458 g/mol. The quantitative estimate of drug-likeness (QED) is 0.476. The number of rotatable bonds is 0. The van der Waals surface area contributed by atoms with Crippen molar-refractivity contribution in [1.29, 1.82) is 0 Å². The largest absolute Gasteiger partial charge is 1.00 e. The number of halogens is 3. The van der Waals surface area contributed by atoms with Gasteiger partial charge in [-0.05, 0) is 0 Å². The van der Waals surface area contributed by atoms with Crippen molar-refractivity contribution in [1.82, 2.24) is 0 Å². The van der Waals surface area contributed by atoms with Crippen LogP contribution in [-0.2, 0) is 32.7 Å². The molecule has 43 valence electrons. The Labute approximate surface area is 119 Å². The summed E-state index contributed by atoms with van der Waals surface area (Å²) in [6.45, 7) is 0. The van der Waals surface area contributed by atoms with Gasteiger partial charge in [-0.2, -0.15) is 0 Å². The van der Waals surface area contributed by atoms with Gasteiger partial charge in [0.15, 0.2) is 0 Å². The zero-order valence-corrected chi connectivity index (χ0v) is 11.6. The molecule has 0 atom stereocenters. The summed E-state index contributed by atoms with van der Waals surface area (Å²) >= 11 is -4.44. The normalized spacial score (nSPS) is 7.50. The molecule has 0 aliphatic carbocycles. The molecule has 0 unspecified atom stereocenters. The second-order valence-corrected chi connectivity index (χ2v) is 0.821. The fourth-order valence-corrected chi connectivity index (χ4v) is 0. The molecule has 6 heteroatoms. The van der Waals surface area contributed by atoms with Crippen molar-refractivity contribution in [2.75, 3.05) is 0 Å². The van der Waals surface area contributed by atoms with E-state index in [-0.39, 0.29) is 84.4 Å². The van der Waals surface area contributed by atoms with Gasteiger partial charge in [0.1, 0.15) is 0 Å². The zero-order chi connectivity index (χ0) is 3.58. The van der Waals surface area contributed by atoms with Gasteiger partial charge in [-0.15, -0.1) is 0 Å². The molecule has 0 bridgehead atoms. The average molecular weight is 460 g/mol. The van der Waals surface area contributed by atoms with E-state index in [0.717, 1.165) is 0 Å². The molecule has 0 nitrogen and oxygen atoms in total. The Hall–Kier alpha value is 3.70. The van der Waals surface area contributed by atoms with Crippen LogP contribution in [0.25, 0.3) is 0 Å². The van der Waals surface area contributed by atoms with Crippen LogP contribution >= 0.6 is 0 Å². The Morgan fingerprint density at radius 1 is 1.17 bits per heavy atom. The third kappa shape index (κ3) is 25.3.